The molecule has 0 amide bonds. The molecule has 2 heterocycles. The Kier molecular flexibility index (Phi) is 6.19. The molecule has 0 spiro atoms. The highest BCUT2D eigenvalue weighted by Gasteiger charge is 2.32. The topological polar surface area (TPSA) is 26.3 Å². The predicted molar refractivity (Wildman–Crippen MR) is 126 cm³/mol. The fraction of sp³-hybridized carbons (Fsp3) is 0.103. The highest BCUT2D eigenvalue weighted by Crippen LogP contribution is 2.39. The average Bonchev–Trinajstić information content (AvgIpc) is 3.55. The SMILES string of the molecule is FC(F)(F)c1cccc(-c2ccc(C(c3ccccc3)c3ccc(-c4cccc(C(F)(F)F)c4)o3)o2)c1. The molecule has 0 bridgehead atoms. The van der Waals surface area contributed by atoms with Crippen molar-refractivity contribution < 1.29 is 35.2 Å². The van der Waals surface area contributed by atoms with Gasteiger partial charge in [-0.1, -0.05) is 54.6 Å². The van der Waals surface area contributed by atoms with Gasteiger partial charge in [0.15, 0.2) is 0 Å². The van der Waals surface area contributed by atoms with E-state index in [1.165, 1.54) is 24.3 Å². The lowest BCUT2D eigenvalue weighted by molar-refractivity contribution is -0.138. The van der Waals surface area contributed by atoms with Crippen molar-refractivity contribution in [3.8, 4) is 22.6 Å². The van der Waals surface area contributed by atoms with Crippen LogP contribution >= 0.6 is 0 Å². The zero-order chi connectivity index (χ0) is 26.2. The summed E-state index contributed by atoms with van der Waals surface area (Å²) >= 11 is 0. The van der Waals surface area contributed by atoms with Crippen molar-refractivity contribution in [1.29, 1.82) is 0 Å². The summed E-state index contributed by atoms with van der Waals surface area (Å²) in [6.07, 6.45) is -8.99. The zero-order valence-electron chi connectivity index (χ0n) is 19.0. The third-order valence-corrected chi connectivity index (χ3v) is 5.90. The van der Waals surface area contributed by atoms with Gasteiger partial charge >= 0.3 is 12.4 Å². The molecule has 2 aromatic heterocycles. The van der Waals surface area contributed by atoms with Crippen LogP contribution < -0.4 is 0 Å². The molecule has 0 saturated heterocycles. The Morgan fingerprint density at radius 2 is 0.946 bits per heavy atom. The van der Waals surface area contributed by atoms with Gasteiger partial charge in [0.05, 0.1) is 11.1 Å². The summed E-state index contributed by atoms with van der Waals surface area (Å²) in [7, 11) is 0. The quantitative estimate of drug-likeness (QED) is 0.219. The summed E-state index contributed by atoms with van der Waals surface area (Å²) in [5.74, 6) is 0.714. The van der Waals surface area contributed by atoms with Crippen molar-refractivity contribution >= 4 is 0 Å². The Balaban J connectivity index is 1.54. The summed E-state index contributed by atoms with van der Waals surface area (Å²) in [6.45, 7) is 0. The molecule has 188 valence electrons. The predicted octanol–water partition coefficient (Wildman–Crippen LogP) is 9.42. The molecule has 5 rings (SSSR count). The lowest BCUT2D eigenvalue weighted by Crippen LogP contribution is -2.04. The molecule has 0 saturated carbocycles. The zero-order valence-corrected chi connectivity index (χ0v) is 19.0. The number of halogens is 6. The second-order valence-corrected chi connectivity index (χ2v) is 8.40. The molecule has 0 atom stereocenters. The van der Waals surface area contributed by atoms with Gasteiger partial charge in [0.2, 0.25) is 0 Å². The first kappa shape index (κ1) is 24.5. The van der Waals surface area contributed by atoms with Gasteiger partial charge in [0.1, 0.15) is 29.0 Å². The first-order valence-electron chi connectivity index (χ1n) is 11.2. The maximum atomic E-state index is 13.2. The van der Waals surface area contributed by atoms with Crippen LogP contribution in [0, 0.1) is 0 Å². The molecule has 0 aliphatic heterocycles. The molecule has 8 heteroatoms. The van der Waals surface area contributed by atoms with Crippen LogP contribution in [-0.4, -0.2) is 0 Å². The van der Waals surface area contributed by atoms with Crippen molar-refractivity contribution in [2.24, 2.45) is 0 Å². The fourth-order valence-corrected chi connectivity index (χ4v) is 4.14. The maximum Gasteiger partial charge on any atom is 0.416 e. The van der Waals surface area contributed by atoms with Gasteiger partial charge in [0, 0.05) is 11.1 Å². The Morgan fingerprint density at radius 1 is 0.486 bits per heavy atom. The van der Waals surface area contributed by atoms with Gasteiger partial charge in [-0.15, -0.1) is 0 Å². The van der Waals surface area contributed by atoms with Crippen molar-refractivity contribution in [2.75, 3.05) is 0 Å². The van der Waals surface area contributed by atoms with Crippen LogP contribution in [0.2, 0.25) is 0 Å². The van der Waals surface area contributed by atoms with Gasteiger partial charge in [-0.2, -0.15) is 26.3 Å². The van der Waals surface area contributed by atoms with Gasteiger partial charge in [-0.05, 0) is 54.1 Å². The van der Waals surface area contributed by atoms with E-state index in [1.807, 2.05) is 30.3 Å². The van der Waals surface area contributed by atoms with Gasteiger partial charge < -0.3 is 8.83 Å². The van der Waals surface area contributed by atoms with E-state index in [0.717, 1.165) is 29.8 Å². The van der Waals surface area contributed by atoms with Crippen molar-refractivity contribution in [2.45, 2.75) is 18.3 Å². The molecule has 3 aromatic carbocycles. The van der Waals surface area contributed by atoms with E-state index >= 15 is 0 Å². The lowest BCUT2D eigenvalue weighted by Gasteiger charge is -2.13. The monoisotopic (exact) mass is 512 g/mol. The Labute approximate surface area is 207 Å². The Hall–Kier alpha value is -4.20. The van der Waals surface area contributed by atoms with Gasteiger partial charge in [-0.25, -0.2) is 0 Å². The van der Waals surface area contributed by atoms with Crippen molar-refractivity contribution in [1.82, 2.24) is 0 Å². The van der Waals surface area contributed by atoms with E-state index in [1.54, 1.807) is 24.3 Å². The molecule has 0 unspecified atom stereocenters. The van der Waals surface area contributed by atoms with Crippen LogP contribution in [0.4, 0.5) is 26.3 Å². The number of rotatable bonds is 5. The van der Waals surface area contributed by atoms with Gasteiger partial charge in [0.25, 0.3) is 0 Å². The molecule has 37 heavy (non-hydrogen) atoms. The van der Waals surface area contributed by atoms with Crippen molar-refractivity contribution in [3.05, 3.63) is 131 Å². The van der Waals surface area contributed by atoms with E-state index in [9.17, 15) is 26.3 Å². The summed E-state index contributed by atoms with van der Waals surface area (Å²) in [4.78, 5) is 0. The normalized spacial score (nSPS) is 12.3. The third-order valence-electron chi connectivity index (χ3n) is 5.90. The molecular formula is C29H18F6O2. The van der Waals surface area contributed by atoms with E-state index < -0.39 is 29.4 Å². The molecule has 0 fully saturated rings. The molecule has 0 aliphatic carbocycles. The van der Waals surface area contributed by atoms with E-state index in [2.05, 4.69) is 0 Å². The van der Waals surface area contributed by atoms with Crippen LogP contribution in [0.5, 0.6) is 0 Å². The first-order valence-corrected chi connectivity index (χ1v) is 11.2. The maximum absolute atomic E-state index is 13.2. The standard InChI is InChI=1S/C29H18F6O2/c30-28(31,32)21-10-4-8-19(16-21)23-12-14-25(36-23)27(18-6-2-1-3-7-18)26-15-13-24(37-26)20-9-5-11-22(17-20)29(33,34)35/h1-17,27H. The number of hydrogen-bond acceptors (Lipinski definition) is 2. The number of alkyl halides is 6. The third kappa shape index (κ3) is 5.18. The average molecular weight is 512 g/mol. The minimum absolute atomic E-state index is 0.242. The second-order valence-electron chi connectivity index (χ2n) is 8.40. The van der Waals surface area contributed by atoms with Crippen LogP contribution in [0.15, 0.2) is 112 Å². The van der Waals surface area contributed by atoms with Crippen LogP contribution in [-0.2, 0) is 12.4 Å². The lowest BCUT2D eigenvalue weighted by atomic mass is 9.94. The molecule has 2 nitrogen and oxygen atoms in total. The first-order chi connectivity index (χ1) is 17.6. The van der Waals surface area contributed by atoms with E-state index in [0.29, 0.717) is 11.5 Å². The summed E-state index contributed by atoms with van der Waals surface area (Å²) in [5, 5.41) is 0. The minimum atomic E-state index is -4.49. The smallest absolute Gasteiger partial charge is 0.416 e. The fourth-order valence-electron chi connectivity index (χ4n) is 4.14. The summed E-state index contributed by atoms with van der Waals surface area (Å²) < 4.78 is 91.1. The Bertz CT molecular complexity index is 1410. The number of furan rings is 2. The summed E-state index contributed by atoms with van der Waals surface area (Å²) in [6, 6.07) is 25.3. The minimum Gasteiger partial charge on any atom is -0.460 e. The van der Waals surface area contributed by atoms with Crippen LogP contribution in [0.1, 0.15) is 34.1 Å². The van der Waals surface area contributed by atoms with E-state index in [-0.39, 0.29) is 22.6 Å². The number of benzene rings is 3. The number of hydrogen-bond donors (Lipinski definition) is 0. The molecule has 0 radical (unpaired) electrons. The highest BCUT2D eigenvalue weighted by molar-refractivity contribution is 5.61. The van der Waals surface area contributed by atoms with Crippen LogP contribution in [0.25, 0.3) is 22.6 Å². The van der Waals surface area contributed by atoms with E-state index in [4.69, 9.17) is 8.83 Å². The second kappa shape index (κ2) is 9.35. The molecule has 0 aliphatic rings. The summed E-state index contributed by atoms with van der Waals surface area (Å²) in [5.41, 5.74) is -0.287. The largest absolute Gasteiger partial charge is 0.460 e. The molecule has 5 aromatic rings. The highest BCUT2D eigenvalue weighted by atomic mass is 19.4. The molecule has 0 N–H and O–H groups in total. The van der Waals surface area contributed by atoms with Gasteiger partial charge in [-0.3, -0.25) is 0 Å². The molecular weight excluding hydrogens is 494 g/mol. The Morgan fingerprint density at radius 3 is 1.38 bits per heavy atom. The van der Waals surface area contributed by atoms with Crippen LogP contribution in [0.3, 0.4) is 0 Å². The van der Waals surface area contributed by atoms with Crippen molar-refractivity contribution in [3.63, 3.8) is 0 Å².